The van der Waals surface area contributed by atoms with E-state index in [0.717, 1.165) is 11.0 Å². The summed E-state index contributed by atoms with van der Waals surface area (Å²) in [4.78, 5) is 30.6. The van der Waals surface area contributed by atoms with E-state index in [2.05, 4.69) is 4.98 Å². The van der Waals surface area contributed by atoms with Crippen LogP contribution in [0.1, 0.15) is 34.8 Å². The molecule has 1 aromatic heterocycles. The molecule has 1 amide bonds. The van der Waals surface area contributed by atoms with E-state index in [4.69, 9.17) is 4.74 Å². The van der Waals surface area contributed by atoms with Gasteiger partial charge in [-0.05, 0) is 43.2 Å². The van der Waals surface area contributed by atoms with Crippen LogP contribution in [-0.2, 0) is 20.5 Å². The molecule has 1 aliphatic heterocycles. The molecule has 0 saturated carbocycles. The number of likely N-dealkylation sites (tertiary alicyclic amines) is 1. The van der Waals surface area contributed by atoms with Crippen molar-refractivity contribution in [1.29, 1.82) is 0 Å². The Hall–Kier alpha value is -3.27. The summed E-state index contributed by atoms with van der Waals surface area (Å²) in [5, 5.41) is 10.8. The Balaban J connectivity index is 2.15. The van der Waals surface area contributed by atoms with Gasteiger partial charge in [0.25, 0.3) is 11.7 Å². The lowest BCUT2D eigenvalue weighted by atomic mass is 9.94. The summed E-state index contributed by atoms with van der Waals surface area (Å²) in [5.41, 5.74) is -1.11. The average Bonchev–Trinajstić information content (AvgIpc) is 2.98. The summed E-state index contributed by atoms with van der Waals surface area (Å²) in [6.45, 7) is 1.97. The molecule has 0 bridgehead atoms. The minimum Gasteiger partial charge on any atom is -0.507 e. The van der Waals surface area contributed by atoms with Gasteiger partial charge >= 0.3 is 6.18 Å². The SMILES string of the molecule is COCCCN1C(=O)C(=O)C(=C(O)c2ccc(C)nc2)[C@H]1c1ccc(C(F)(F)F)c(F)c1. The zero-order valence-electron chi connectivity index (χ0n) is 17.2. The van der Waals surface area contributed by atoms with Crippen LogP contribution < -0.4 is 0 Å². The summed E-state index contributed by atoms with van der Waals surface area (Å²) < 4.78 is 58.2. The molecular weight excluding hydrogens is 432 g/mol. The Kier molecular flexibility index (Phi) is 6.63. The van der Waals surface area contributed by atoms with E-state index in [9.17, 15) is 32.3 Å². The number of methoxy groups -OCH3 is 1. The molecule has 1 N–H and O–H groups in total. The molecule has 1 saturated heterocycles. The lowest BCUT2D eigenvalue weighted by Gasteiger charge is -2.25. The number of nitrogens with zero attached hydrogens (tertiary/aromatic N) is 2. The number of amides is 1. The Morgan fingerprint density at radius 2 is 1.94 bits per heavy atom. The average molecular weight is 452 g/mol. The number of aliphatic hydroxyl groups excluding tert-OH is 1. The fraction of sp³-hybridized carbons (Fsp3) is 0.318. The number of Topliss-reactive ketones (excluding diaryl/α,β-unsaturated/α-hetero) is 1. The standard InChI is InChI=1S/C22H20F4N2O4/c1-12-4-5-14(11-27-12)19(29)17-18(28(8-3-9-32-2)21(31)20(17)30)13-6-7-15(16(23)10-13)22(24,25)26/h4-7,10-11,18,29H,3,8-9H2,1-2H3/t18-/m1/s1. The highest BCUT2D eigenvalue weighted by Gasteiger charge is 2.46. The number of ether oxygens (including phenoxy) is 1. The predicted octanol–water partition coefficient (Wildman–Crippen LogP) is 4.01. The summed E-state index contributed by atoms with van der Waals surface area (Å²) in [6.07, 6.45) is -3.29. The third-order valence-electron chi connectivity index (χ3n) is 5.09. The van der Waals surface area contributed by atoms with E-state index in [1.807, 2.05) is 0 Å². The van der Waals surface area contributed by atoms with Gasteiger partial charge in [0, 0.05) is 37.7 Å². The second-order valence-corrected chi connectivity index (χ2v) is 7.26. The van der Waals surface area contributed by atoms with Gasteiger partial charge in [-0.2, -0.15) is 13.2 Å². The smallest absolute Gasteiger partial charge is 0.419 e. The number of halogens is 4. The number of aryl methyl sites for hydroxylation is 1. The molecule has 32 heavy (non-hydrogen) atoms. The zero-order chi connectivity index (χ0) is 23.6. The maximum Gasteiger partial charge on any atom is 0.419 e. The first kappa shape index (κ1) is 23.4. The van der Waals surface area contributed by atoms with E-state index in [-0.39, 0.29) is 29.9 Å². The molecule has 0 aliphatic carbocycles. The third-order valence-corrected chi connectivity index (χ3v) is 5.09. The first-order valence-electron chi connectivity index (χ1n) is 9.63. The number of rotatable bonds is 6. The van der Waals surface area contributed by atoms with E-state index in [1.165, 1.54) is 19.4 Å². The van der Waals surface area contributed by atoms with Gasteiger partial charge in [-0.1, -0.05) is 6.07 Å². The highest BCUT2D eigenvalue weighted by Crippen LogP contribution is 2.41. The quantitative estimate of drug-likeness (QED) is 0.236. The third kappa shape index (κ3) is 4.50. The number of ketones is 1. The lowest BCUT2D eigenvalue weighted by molar-refractivity contribution is -0.140. The Bertz CT molecular complexity index is 1060. The Morgan fingerprint density at radius 3 is 2.50 bits per heavy atom. The van der Waals surface area contributed by atoms with Gasteiger partial charge in [0.05, 0.1) is 17.2 Å². The minimum atomic E-state index is -4.91. The van der Waals surface area contributed by atoms with Crippen molar-refractivity contribution in [3.8, 4) is 0 Å². The van der Waals surface area contributed by atoms with Crippen molar-refractivity contribution in [2.75, 3.05) is 20.3 Å². The molecule has 2 aromatic rings. The maximum atomic E-state index is 14.3. The van der Waals surface area contributed by atoms with Crippen LogP contribution in [0, 0.1) is 12.7 Å². The minimum absolute atomic E-state index is 0.00858. The molecule has 10 heteroatoms. The number of carbonyl (C=O) groups is 2. The highest BCUT2D eigenvalue weighted by atomic mass is 19.4. The van der Waals surface area contributed by atoms with Crippen LogP contribution in [0.3, 0.4) is 0 Å². The molecule has 170 valence electrons. The fourth-order valence-electron chi connectivity index (χ4n) is 3.53. The monoisotopic (exact) mass is 452 g/mol. The topological polar surface area (TPSA) is 79.7 Å². The van der Waals surface area contributed by atoms with Crippen molar-refractivity contribution in [2.45, 2.75) is 25.6 Å². The number of carbonyl (C=O) groups excluding carboxylic acids is 2. The van der Waals surface area contributed by atoms with Gasteiger partial charge in [0.1, 0.15) is 11.6 Å². The number of alkyl halides is 3. The molecule has 6 nitrogen and oxygen atoms in total. The Morgan fingerprint density at radius 1 is 1.22 bits per heavy atom. The molecule has 1 aliphatic rings. The molecular formula is C22H20F4N2O4. The van der Waals surface area contributed by atoms with Crippen LogP contribution in [-0.4, -0.2) is 46.9 Å². The first-order chi connectivity index (χ1) is 15.1. The van der Waals surface area contributed by atoms with Crippen molar-refractivity contribution < 1.29 is 37.0 Å². The summed E-state index contributed by atoms with van der Waals surface area (Å²) in [7, 11) is 1.45. The molecule has 1 atom stereocenters. The molecule has 0 radical (unpaired) electrons. The van der Waals surface area contributed by atoms with Gasteiger partial charge in [0.2, 0.25) is 0 Å². The van der Waals surface area contributed by atoms with Crippen molar-refractivity contribution in [3.63, 3.8) is 0 Å². The van der Waals surface area contributed by atoms with Crippen LogP contribution in [0.2, 0.25) is 0 Å². The summed E-state index contributed by atoms with van der Waals surface area (Å²) in [5.74, 6) is -4.07. The van der Waals surface area contributed by atoms with Gasteiger partial charge in [-0.25, -0.2) is 4.39 Å². The fourth-order valence-corrected chi connectivity index (χ4v) is 3.53. The molecule has 1 fully saturated rings. The van der Waals surface area contributed by atoms with Gasteiger partial charge in [0.15, 0.2) is 0 Å². The van der Waals surface area contributed by atoms with Crippen LogP contribution in [0.25, 0.3) is 5.76 Å². The van der Waals surface area contributed by atoms with Crippen LogP contribution in [0.4, 0.5) is 17.6 Å². The van der Waals surface area contributed by atoms with E-state index < -0.39 is 41.0 Å². The number of aliphatic hydroxyl groups is 1. The van der Waals surface area contributed by atoms with Crippen LogP contribution in [0.15, 0.2) is 42.1 Å². The first-order valence-corrected chi connectivity index (χ1v) is 9.63. The molecule has 3 rings (SSSR count). The van der Waals surface area contributed by atoms with Gasteiger partial charge < -0.3 is 14.7 Å². The predicted molar refractivity (Wildman–Crippen MR) is 106 cm³/mol. The summed E-state index contributed by atoms with van der Waals surface area (Å²) in [6, 6.07) is 3.96. The number of hydrogen-bond donors (Lipinski definition) is 1. The normalized spacial score (nSPS) is 18.4. The molecule has 2 heterocycles. The van der Waals surface area contributed by atoms with E-state index in [1.54, 1.807) is 13.0 Å². The molecule has 0 unspecified atom stereocenters. The number of benzene rings is 1. The van der Waals surface area contributed by atoms with E-state index >= 15 is 0 Å². The van der Waals surface area contributed by atoms with Crippen molar-refractivity contribution >= 4 is 17.4 Å². The number of pyridine rings is 1. The second kappa shape index (κ2) is 9.07. The molecule has 1 aromatic carbocycles. The zero-order valence-corrected chi connectivity index (χ0v) is 17.2. The number of aromatic nitrogens is 1. The van der Waals surface area contributed by atoms with Crippen molar-refractivity contribution in [3.05, 3.63) is 70.3 Å². The maximum absolute atomic E-state index is 14.3. The lowest BCUT2D eigenvalue weighted by Crippen LogP contribution is -2.31. The van der Waals surface area contributed by atoms with Gasteiger partial charge in [-0.15, -0.1) is 0 Å². The second-order valence-electron chi connectivity index (χ2n) is 7.26. The largest absolute Gasteiger partial charge is 0.507 e. The summed E-state index contributed by atoms with van der Waals surface area (Å²) >= 11 is 0. The van der Waals surface area contributed by atoms with Crippen LogP contribution >= 0.6 is 0 Å². The van der Waals surface area contributed by atoms with Crippen molar-refractivity contribution in [2.24, 2.45) is 0 Å². The molecule has 0 spiro atoms. The van der Waals surface area contributed by atoms with Crippen molar-refractivity contribution in [1.82, 2.24) is 9.88 Å². The number of hydrogen-bond acceptors (Lipinski definition) is 5. The Labute approximate surface area is 181 Å². The van der Waals surface area contributed by atoms with Gasteiger partial charge in [-0.3, -0.25) is 14.6 Å². The van der Waals surface area contributed by atoms with Crippen LogP contribution in [0.5, 0.6) is 0 Å². The highest BCUT2D eigenvalue weighted by molar-refractivity contribution is 6.46. The van der Waals surface area contributed by atoms with E-state index in [0.29, 0.717) is 24.2 Å².